The van der Waals surface area contributed by atoms with Crippen LogP contribution in [0.25, 0.3) is 0 Å². The minimum Gasteiger partial charge on any atom is -0.478 e. The minimum atomic E-state index is -1.45. The summed E-state index contributed by atoms with van der Waals surface area (Å²) in [6.07, 6.45) is -0.254. The summed E-state index contributed by atoms with van der Waals surface area (Å²) in [5, 5.41) is 13.8. The molecule has 1 aliphatic heterocycles. The minimum absolute atomic E-state index is 0.110. The van der Waals surface area contributed by atoms with Gasteiger partial charge in [-0.25, -0.2) is 14.0 Å². The first kappa shape index (κ1) is 15.2. The van der Waals surface area contributed by atoms with Gasteiger partial charge in [0.25, 0.3) is 0 Å². The van der Waals surface area contributed by atoms with Crippen molar-refractivity contribution < 1.29 is 28.6 Å². The summed E-state index contributed by atoms with van der Waals surface area (Å²) in [5.74, 6) is -2.36. The Morgan fingerprint density at radius 3 is 2.86 bits per heavy atom. The van der Waals surface area contributed by atoms with Gasteiger partial charge in [0, 0.05) is 6.54 Å². The van der Waals surface area contributed by atoms with Crippen LogP contribution in [0, 0.1) is 5.82 Å². The topological polar surface area (TPSA) is 96.9 Å². The molecule has 1 unspecified atom stereocenters. The average Bonchev–Trinajstić information content (AvgIpc) is 2.46. The average molecular weight is 298 g/mol. The van der Waals surface area contributed by atoms with E-state index in [0.717, 1.165) is 6.07 Å². The predicted octanol–water partition coefficient (Wildman–Crippen LogP) is 1.06. The number of nitrogens with one attached hydrogen (secondary N) is 2. The fourth-order valence-corrected chi connectivity index (χ4v) is 1.87. The Kier molecular flexibility index (Phi) is 5.07. The number of carboxylic acid groups (broad SMARTS) is 1. The number of carbonyl (C=O) groups is 2. The third kappa shape index (κ3) is 4.14. The number of ether oxygens (including phenoxy) is 2. The van der Waals surface area contributed by atoms with Gasteiger partial charge in [0.05, 0.1) is 31.6 Å². The molecule has 2 amide bonds. The Morgan fingerprint density at radius 2 is 2.19 bits per heavy atom. The van der Waals surface area contributed by atoms with Crippen molar-refractivity contribution in [2.45, 2.75) is 6.10 Å². The first-order valence-corrected chi connectivity index (χ1v) is 6.34. The van der Waals surface area contributed by atoms with E-state index in [1.54, 1.807) is 0 Å². The number of aromatic carboxylic acids is 1. The third-order valence-corrected chi connectivity index (χ3v) is 2.85. The lowest BCUT2D eigenvalue weighted by molar-refractivity contribution is -0.0852. The van der Waals surface area contributed by atoms with Gasteiger partial charge >= 0.3 is 12.0 Å². The van der Waals surface area contributed by atoms with E-state index < -0.39 is 23.4 Å². The molecular weight excluding hydrogens is 283 g/mol. The van der Waals surface area contributed by atoms with E-state index in [4.69, 9.17) is 14.6 Å². The number of carbonyl (C=O) groups excluding carboxylic acids is 1. The van der Waals surface area contributed by atoms with Gasteiger partial charge in [-0.15, -0.1) is 0 Å². The summed E-state index contributed by atoms with van der Waals surface area (Å²) >= 11 is 0. The molecular formula is C13H15FN2O5. The van der Waals surface area contributed by atoms with E-state index >= 15 is 0 Å². The second-order valence-electron chi connectivity index (χ2n) is 4.37. The number of halogens is 1. The highest BCUT2D eigenvalue weighted by Gasteiger charge is 2.18. The van der Waals surface area contributed by atoms with Crippen molar-refractivity contribution in [1.29, 1.82) is 0 Å². The van der Waals surface area contributed by atoms with E-state index in [9.17, 15) is 14.0 Å². The van der Waals surface area contributed by atoms with Gasteiger partial charge in [-0.3, -0.25) is 0 Å². The molecule has 3 N–H and O–H groups in total. The maximum atomic E-state index is 13.4. The molecule has 1 atom stereocenters. The molecule has 0 radical (unpaired) electrons. The molecule has 1 heterocycles. The molecule has 1 aromatic rings. The van der Waals surface area contributed by atoms with Crippen LogP contribution < -0.4 is 10.6 Å². The van der Waals surface area contributed by atoms with Crippen molar-refractivity contribution in [3.05, 3.63) is 29.6 Å². The second-order valence-corrected chi connectivity index (χ2v) is 4.37. The van der Waals surface area contributed by atoms with E-state index in [2.05, 4.69) is 10.6 Å². The first-order chi connectivity index (χ1) is 10.1. The maximum Gasteiger partial charge on any atom is 0.340 e. The lowest BCUT2D eigenvalue weighted by Crippen LogP contribution is -2.41. The highest BCUT2D eigenvalue weighted by atomic mass is 19.1. The van der Waals surface area contributed by atoms with Crippen molar-refractivity contribution in [2.75, 3.05) is 31.7 Å². The van der Waals surface area contributed by atoms with E-state index in [0.29, 0.717) is 19.8 Å². The molecule has 0 spiro atoms. The monoisotopic (exact) mass is 298 g/mol. The second kappa shape index (κ2) is 7.00. The number of carboxylic acids is 1. The van der Waals surface area contributed by atoms with E-state index in [-0.39, 0.29) is 18.3 Å². The van der Waals surface area contributed by atoms with Gasteiger partial charge in [0.2, 0.25) is 0 Å². The van der Waals surface area contributed by atoms with Crippen LogP contribution in [-0.2, 0) is 9.47 Å². The SMILES string of the molecule is O=C(NCC1COCCO1)Nc1cccc(F)c1C(=O)O. The molecule has 1 aliphatic rings. The molecule has 2 rings (SSSR count). The van der Waals surface area contributed by atoms with Crippen molar-refractivity contribution in [3.8, 4) is 0 Å². The van der Waals surface area contributed by atoms with Crippen molar-refractivity contribution in [3.63, 3.8) is 0 Å². The Labute approximate surface area is 120 Å². The van der Waals surface area contributed by atoms with E-state index in [1.165, 1.54) is 12.1 Å². The summed E-state index contributed by atoms with van der Waals surface area (Å²) in [7, 11) is 0. The van der Waals surface area contributed by atoms with Crippen molar-refractivity contribution in [2.24, 2.45) is 0 Å². The Balaban J connectivity index is 1.93. The van der Waals surface area contributed by atoms with Crippen LogP contribution >= 0.6 is 0 Å². The summed E-state index contributed by atoms with van der Waals surface area (Å²) in [6.45, 7) is 1.57. The van der Waals surface area contributed by atoms with Gasteiger partial charge in [-0.1, -0.05) is 6.07 Å². The van der Waals surface area contributed by atoms with Crippen LogP contribution in [0.4, 0.5) is 14.9 Å². The quantitative estimate of drug-likeness (QED) is 0.772. The van der Waals surface area contributed by atoms with Crippen molar-refractivity contribution in [1.82, 2.24) is 5.32 Å². The molecule has 0 saturated carbocycles. The van der Waals surface area contributed by atoms with E-state index in [1.807, 2.05) is 0 Å². The highest BCUT2D eigenvalue weighted by Crippen LogP contribution is 2.18. The normalized spacial score (nSPS) is 18.0. The molecule has 8 heteroatoms. The number of urea groups is 1. The zero-order valence-electron chi connectivity index (χ0n) is 11.1. The summed E-state index contributed by atoms with van der Waals surface area (Å²) in [6, 6.07) is 3.00. The smallest absolute Gasteiger partial charge is 0.340 e. The predicted molar refractivity (Wildman–Crippen MR) is 70.9 cm³/mol. The number of hydrogen-bond donors (Lipinski definition) is 3. The van der Waals surface area contributed by atoms with Crippen LogP contribution in [0.2, 0.25) is 0 Å². The number of benzene rings is 1. The van der Waals surface area contributed by atoms with Gasteiger partial charge in [-0.05, 0) is 12.1 Å². The van der Waals surface area contributed by atoms with Gasteiger partial charge < -0.3 is 25.2 Å². The highest BCUT2D eigenvalue weighted by molar-refractivity contribution is 6.00. The standard InChI is InChI=1S/C13H15FN2O5/c14-9-2-1-3-10(11(9)12(17)18)16-13(19)15-6-8-7-20-4-5-21-8/h1-3,8H,4-7H2,(H,17,18)(H2,15,16,19). The Hall–Kier alpha value is -2.19. The molecule has 7 nitrogen and oxygen atoms in total. The fourth-order valence-electron chi connectivity index (χ4n) is 1.87. The maximum absolute atomic E-state index is 13.4. The molecule has 21 heavy (non-hydrogen) atoms. The van der Waals surface area contributed by atoms with Crippen molar-refractivity contribution >= 4 is 17.7 Å². The van der Waals surface area contributed by atoms with Crippen LogP contribution in [0.5, 0.6) is 0 Å². The lowest BCUT2D eigenvalue weighted by Gasteiger charge is -2.23. The van der Waals surface area contributed by atoms with Crippen LogP contribution in [0.15, 0.2) is 18.2 Å². The zero-order chi connectivity index (χ0) is 15.2. The molecule has 1 aromatic carbocycles. The number of rotatable bonds is 4. The number of anilines is 1. The van der Waals surface area contributed by atoms with Crippen LogP contribution in [0.3, 0.4) is 0 Å². The van der Waals surface area contributed by atoms with Gasteiger partial charge in [0.15, 0.2) is 0 Å². The van der Waals surface area contributed by atoms with Gasteiger partial charge in [0.1, 0.15) is 11.4 Å². The molecule has 0 aliphatic carbocycles. The Morgan fingerprint density at radius 1 is 1.38 bits per heavy atom. The lowest BCUT2D eigenvalue weighted by atomic mass is 10.1. The summed E-state index contributed by atoms with van der Waals surface area (Å²) in [4.78, 5) is 22.7. The largest absolute Gasteiger partial charge is 0.478 e. The molecule has 0 aromatic heterocycles. The zero-order valence-corrected chi connectivity index (χ0v) is 11.1. The fraction of sp³-hybridized carbons (Fsp3) is 0.385. The first-order valence-electron chi connectivity index (χ1n) is 6.34. The number of amides is 2. The molecule has 1 fully saturated rings. The summed E-state index contributed by atoms with van der Waals surface area (Å²) in [5.41, 5.74) is -0.689. The van der Waals surface area contributed by atoms with Crippen LogP contribution in [0.1, 0.15) is 10.4 Å². The molecule has 0 bridgehead atoms. The third-order valence-electron chi connectivity index (χ3n) is 2.85. The van der Waals surface area contributed by atoms with Crippen LogP contribution in [-0.4, -0.2) is 49.6 Å². The van der Waals surface area contributed by atoms with Gasteiger partial charge in [-0.2, -0.15) is 0 Å². The number of hydrogen-bond acceptors (Lipinski definition) is 4. The Bertz CT molecular complexity index is 531. The molecule has 1 saturated heterocycles. The summed E-state index contributed by atoms with van der Waals surface area (Å²) < 4.78 is 24.0. The molecule has 114 valence electrons.